The van der Waals surface area contributed by atoms with Crippen molar-refractivity contribution in [2.24, 2.45) is 0 Å². The SMILES string of the molecule is CCOC(=O)CNC(=O)Cn1nc(-c2ccc3c(c2)OCCO3)ccc1=O. The number of hydrogen-bond donors (Lipinski definition) is 1. The Morgan fingerprint density at radius 3 is 2.74 bits per heavy atom. The van der Waals surface area contributed by atoms with Crippen LogP contribution in [0.4, 0.5) is 0 Å². The molecule has 1 aliphatic rings. The number of carbonyl (C=O) groups is 2. The fraction of sp³-hybridized carbons (Fsp3) is 0.333. The van der Waals surface area contributed by atoms with Crippen molar-refractivity contribution in [3.63, 3.8) is 0 Å². The van der Waals surface area contributed by atoms with Crippen LogP contribution in [0.2, 0.25) is 0 Å². The van der Waals surface area contributed by atoms with Crippen molar-refractivity contribution in [1.82, 2.24) is 15.1 Å². The van der Waals surface area contributed by atoms with Crippen LogP contribution in [0.25, 0.3) is 11.3 Å². The van der Waals surface area contributed by atoms with E-state index in [0.717, 1.165) is 10.2 Å². The molecule has 0 saturated heterocycles. The number of aromatic nitrogens is 2. The quantitative estimate of drug-likeness (QED) is 0.728. The maximum Gasteiger partial charge on any atom is 0.325 e. The minimum Gasteiger partial charge on any atom is -0.486 e. The molecule has 0 spiro atoms. The Morgan fingerprint density at radius 1 is 1.19 bits per heavy atom. The van der Waals surface area contributed by atoms with Crippen LogP contribution in [0.5, 0.6) is 11.5 Å². The van der Waals surface area contributed by atoms with Gasteiger partial charge in [-0.25, -0.2) is 4.68 Å². The van der Waals surface area contributed by atoms with E-state index in [0.29, 0.717) is 30.4 Å². The number of nitrogens with zero attached hydrogens (tertiary/aromatic N) is 2. The number of hydrogen-bond acceptors (Lipinski definition) is 7. The van der Waals surface area contributed by atoms with E-state index in [1.165, 1.54) is 6.07 Å². The summed E-state index contributed by atoms with van der Waals surface area (Å²) in [4.78, 5) is 35.2. The van der Waals surface area contributed by atoms with E-state index in [9.17, 15) is 14.4 Å². The van der Waals surface area contributed by atoms with Gasteiger partial charge in [0.15, 0.2) is 11.5 Å². The molecular formula is C18H19N3O6. The summed E-state index contributed by atoms with van der Waals surface area (Å²) in [5.41, 5.74) is 0.798. The summed E-state index contributed by atoms with van der Waals surface area (Å²) in [5, 5.41) is 6.62. The minimum absolute atomic E-state index is 0.229. The molecule has 0 unspecified atom stereocenters. The lowest BCUT2D eigenvalue weighted by Crippen LogP contribution is -2.36. The van der Waals surface area contributed by atoms with E-state index in [1.807, 2.05) is 0 Å². The molecule has 0 saturated carbocycles. The minimum atomic E-state index is -0.545. The van der Waals surface area contributed by atoms with Crippen LogP contribution >= 0.6 is 0 Å². The topological polar surface area (TPSA) is 109 Å². The first kappa shape index (κ1) is 18.4. The molecule has 0 bridgehead atoms. The third kappa shape index (κ3) is 4.63. The smallest absolute Gasteiger partial charge is 0.325 e. The van der Waals surface area contributed by atoms with Gasteiger partial charge in [0.05, 0.1) is 12.3 Å². The standard InChI is InChI=1S/C18H19N3O6/c1-2-25-18(24)10-19-16(22)11-21-17(23)6-4-13(20-21)12-3-5-14-15(9-12)27-8-7-26-14/h3-6,9H,2,7-8,10-11H2,1H3,(H,19,22). The predicted molar refractivity (Wildman–Crippen MR) is 94.6 cm³/mol. The maximum absolute atomic E-state index is 12.0. The maximum atomic E-state index is 12.0. The summed E-state index contributed by atoms with van der Waals surface area (Å²) in [6.07, 6.45) is 0. The Kier molecular flexibility index (Phi) is 5.70. The van der Waals surface area contributed by atoms with E-state index < -0.39 is 17.4 Å². The van der Waals surface area contributed by atoms with Crippen LogP contribution < -0.4 is 20.3 Å². The lowest BCUT2D eigenvalue weighted by atomic mass is 10.1. The van der Waals surface area contributed by atoms with Gasteiger partial charge in [-0.05, 0) is 31.2 Å². The lowest BCUT2D eigenvalue weighted by molar-refractivity contribution is -0.143. The summed E-state index contributed by atoms with van der Waals surface area (Å²) in [5.74, 6) is 0.190. The largest absolute Gasteiger partial charge is 0.486 e. The fourth-order valence-electron chi connectivity index (χ4n) is 2.49. The molecule has 1 N–H and O–H groups in total. The molecule has 9 nitrogen and oxygen atoms in total. The Hall–Kier alpha value is -3.36. The molecule has 1 aliphatic heterocycles. The molecule has 142 valence electrons. The van der Waals surface area contributed by atoms with Gasteiger partial charge in [-0.3, -0.25) is 14.4 Å². The molecule has 0 radical (unpaired) electrons. The molecular weight excluding hydrogens is 354 g/mol. The van der Waals surface area contributed by atoms with Crippen molar-refractivity contribution in [3.05, 3.63) is 40.7 Å². The molecule has 2 heterocycles. The van der Waals surface area contributed by atoms with Crippen LogP contribution in [0.3, 0.4) is 0 Å². The molecule has 1 aromatic heterocycles. The van der Waals surface area contributed by atoms with Crippen LogP contribution in [0.1, 0.15) is 6.92 Å². The van der Waals surface area contributed by atoms with Gasteiger partial charge in [0.25, 0.3) is 5.56 Å². The van der Waals surface area contributed by atoms with Gasteiger partial charge in [-0.2, -0.15) is 5.10 Å². The van der Waals surface area contributed by atoms with E-state index in [2.05, 4.69) is 10.4 Å². The molecule has 0 fully saturated rings. The normalized spacial score (nSPS) is 12.3. The number of benzene rings is 1. The summed E-state index contributed by atoms with van der Waals surface area (Å²) < 4.78 is 16.8. The molecule has 27 heavy (non-hydrogen) atoms. The van der Waals surface area contributed by atoms with Crippen molar-refractivity contribution in [2.75, 3.05) is 26.4 Å². The number of esters is 1. The van der Waals surface area contributed by atoms with Crippen molar-refractivity contribution < 1.29 is 23.8 Å². The van der Waals surface area contributed by atoms with Gasteiger partial charge in [0, 0.05) is 11.6 Å². The zero-order valence-corrected chi connectivity index (χ0v) is 14.8. The highest BCUT2D eigenvalue weighted by Crippen LogP contribution is 2.33. The molecule has 1 aromatic carbocycles. The van der Waals surface area contributed by atoms with E-state index in [-0.39, 0.29) is 19.7 Å². The van der Waals surface area contributed by atoms with Gasteiger partial charge in [-0.15, -0.1) is 0 Å². The zero-order valence-electron chi connectivity index (χ0n) is 14.8. The number of rotatable bonds is 6. The van der Waals surface area contributed by atoms with Crippen LogP contribution in [-0.4, -0.2) is 48.0 Å². The second kappa shape index (κ2) is 8.35. The third-order valence-electron chi connectivity index (χ3n) is 3.73. The summed E-state index contributed by atoms with van der Waals surface area (Å²) >= 11 is 0. The van der Waals surface area contributed by atoms with Crippen molar-refractivity contribution >= 4 is 11.9 Å². The number of carbonyl (C=O) groups excluding carboxylic acids is 2. The predicted octanol–water partition coefficient (Wildman–Crippen LogP) is 0.361. The van der Waals surface area contributed by atoms with Crippen LogP contribution in [0, 0.1) is 0 Å². The third-order valence-corrected chi connectivity index (χ3v) is 3.73. The highest BCUT2D eigenvalue weighted by atomic mass is 16.6. The Labute approximate surface area is 154 Å². The second-order valence-electron chi connectivity index (χ2n) is 5.65. The Balaban J connectivity index is 1.73. The monoisotopic (exact) mass is 373 g/mol. The van der Waals surface area contributed by atoms with Crippen LogP contribution in [-0.2, 0) is 20.9 Å². The number of ether oxygens (including phenoxy) is 3. The fourth-order valence-corrected chi connectivity index (χ4v) is 2.49. The molecule has 0 atom stereocenters. The molecule has 3 rings (SSSR count). The zero-order chi connectivity index (χ0) is 19.2. The van der Waals surface area contributed by atoms with Gasteiger partial charge < -0.3 is 19.5 Å². The number of amides is 1. The first-order valence-electron chi connectivity index (χ1n) is 8.47. The average molecular weight is 373 g/mol. The highest BCUT2D eigenvalue weighted by Gasteiger charge is 2.14. The van der Waals surface area contributed by atoms with Crippen LogP contribution in [0.15, 0.2) is 35.1 Å². The average Bonchev–Trinajstić information content (AvgIpc) is 2.68. The summed E-state index contributed by atoms with van der Waals surface area (Å²) in [6.45, 7) is 2.29. The Bertz CT molecular complexity index is 908. The van der Waals surface area contributed by atoms with Crippen molar-refractivity contribution in [1.29, 1.82) is 0 Å². The van der Waals surface area contributed by atoms with Crippen molar-refractivity contribution in [2.45, 2.75) is 13.5 Å². The van der Waals surface area contributed by atoms with Gasteiger partial charge in [0.1, 0.15) is 26.3 Å². The molecule has 2 aromatic rings. The molecule has 9 heteroatoms. The molecule has 1 amide bonds. The van der Waals surface area contributed by atoms with Gasteiger partial charge in [0.2, 0.25) is 5.91 Å². The second-order valence-corrected chi connectivity index (χ2v) is 5.65. The number of nitrogens with one attached hydrogen (secondary N) is 1. The highest BCUT2D eigenvalue weighted by molar-refractivity contribution is 5.81. The van der Waals surface area contributed by atoms with Gasteiger partial charge >= 0.3 is 5.97 Å². The first-order chi connectivity index (χ1) is 13.1. The Morgan fingerprint density at radius 2 is 1.96 bits per heavy atom. The molecule has 0 aliphatic carbocycles. The van der Waals surface area contributed by atoms with Gasteiger partial charge in [-0.1, -0.05) is 0 Å². The van der Waals surface area contributed by atoms with E-state index >= 15 is 0 Å². The first-order valence-corrected chi connectivity index (χ1v) is 8.47. The van der Waals surface area contributed by atoms with E-state index in [1.54, 1.807) is 31.2 Å². The number of fused-ring (bicyclic) bond motifs is 1. The lowest BCUT2D eigenvalue weighted by Gasteiger charge is -2.18. The van der Waals surface area contributed by atoms with Crippen molar-refractivity contribution in [3.8, 4) is 22.8 Å². The summed E-state index contributed by atoms with van der Waals surface area (Å²) in [6, 6.07) is 8.24. The summed E-state index contributed by atoms with van der Waals surface area (Å²) in [7, 11) is 0. The van der Waals surface area contributed by atoms with E-state index in [4.69, 9.17) is 14.2 Å².